The second-order valence-corrected chi connectivity index (χ2v) is 9.55. The Kier molecular flexibility index (Phi) is 7.42. The summed E-state index contributed by atoms with van der Waals surface area (Å²) in [6.45, 7) is -0.632. The van der Waals surface area contributed by atoms with Crippen LogP contribution in [0.1, 0.15) is 17.7 Å². The van der Waals surface area contributed by atoms with Gasteiger partial charge in [-0.1, -0.05) is 29.8 Å². The lowest BCUT2D eigenvalue weighted by atomic mass is 10.2. The Hall–Kier alpha value is -4.51. The summed E-state index contributed by atoms with van der Waals surface area (Å²) in [5, 5.41) is 12.8. The van der Waals surface area contributed by atoms with Crippen LogP contribution in [0.25, 0.3) is 0 Å². The molecule has 5 rings (SSSR count). The van der Waals surface area contributed by atoms with Crippen LogP contribution in [0, 0.1) is 11.8 Å². The zero-order chi connectivity index (χ0) is 27.5. The minimum absolute atomic E-state index is 0.0211. The fourth-order valence-electron chi connectivity index (χ4n) is 4.13. The van der Waals surface area contributed by atoms with Crippen molar-refractivity contribution in [2.45, 2.75) is 26.2 Å². The summed E-state index contributed by atoms with van der Waals surface area (Å²) >= 11 is 6.00. The van der Waals surface area contributed by atoms with Gasteiger partial charge < -0.3 is 15.2 Å². The molecule has 2 N–H and O–H groups in total. The van der Waals surface area contributed by atoms with Crippen molar-refractivity contribution < 1.29 is 19.0 Å². The number of rotatable bonds is 10. The minimum Gasteiger partial charge on any atom is -0.481 e. The van der Waals surface area contributed by atoms with Gasteiger partial charge in [0.1, 0.15) is 12.4 Å². The Balaban J connectivity index is 1.42. The Labute approximate surface area is 226 Å². The topological polar surface area (TPSA) is 128 Å². The smallest absolute Gasteiger partial charge is 0.354 e. The first kappa shape index (κ1) is 26.1. The molecular weight excluding hydrogens is 529 g/mol. The zero-order valence-corrected chi connectivity index (χ0v) is 21.2. The molecule has 0 amide bonds. The predicted molar refractivity (Wildman–Crippen MR) is 141 cm³/mol. The number of pyridine rings is 1. The standard InChI is InChI=1S/C27H23ClFN5O5/c28-18-6-4-16(5-7-18)14-33-25(32-26(37)34(27(33)38)15-17-12-22(17)24(35)36)31-19-8-10-21(11-9-19)39-23-3-1-2-20(13-29)30-23/h1-11,17,22H,12-15H2,(H,35,36)(H,31,32,37)/t17-,22+/m1/s1. The highest BCUT2D eigenvalue weighted by Gasteiger charge is 2.43. The molecule has 39 heavy (non-hydrogen) atoms. The van der Waals surface area contributed by atoms with Gasteiger partial charge in [0.25, 0.3) is 0 Å². The first-order valence-corrected chi connectivity index (χ1v) is 12.4. The van der Waals surface area contributed by atoms with Crippen LogP contribution in [0.15, 0.2) is 76.3 Å². The number of anilines is 2. The third-order valence-electron chi connectivity index (χ3n) is 6.31. The van der Waals surface area contributed by atoms with E-state index in [1.807, 2.05) is 0 Å². The maximum absolute atomic E-state index is 13.4. The Morgan fingerprint density at radius 2 is 1.79 bits per heavy atom. The van der Waals surface area contributed by atoms with E-state index in [1.165, 1.54) is 4.57 Å². The number of nitrogens with zero attached hydrogens (tertiary/aromatic N) is 4. The summed E-state index contributed by atoms with van der Waals surface area (Å²) in [7, 11) is 0. The van der Waals surface area contributed by atoms with Crippen molar-refractivity contribution >= 4 is 29.2 Å². The summed E-state index contributed by atoms with van der Waals surface area (Å²) in [4.78, 5) is 45.7. The fraction of sp³-hybridized carbons (Fsp3) is 0.222. The summed E-state index contributed by atoms with van der Waals surface area (Å²) in [5.74, 6) is -1.11. The number of hydrogen-bond acceptors (Lipinski definition) is 7. The Morgan fingerprint density at radius 1 is 1.05 bits per heavy atom. The van der Waals surface area contributed by atoms with E-state index in [2.05, 4.69) is 15.3 Å². The third kappa shape index (κ3) is 6.15. The van der Waals surface area contributed by atoms with Gasteiger partial charge in [-0.05, 0) is 60.4 Å². The number of benzene rings is 2. The van der Waals surface area contributed by atoms with E-state index < -0.39 is 29.9 Å². The molecule has 2 heterocycles. The highest BCUT2D eigenvalue weighted by molar-refractivity contribution is 6.30. The van der Waals surface area contributed by atoms with Crippen molar-refractivity contribution in [3.63, 3.8) is 0 Å². The van der Waals surface area contributed by atoms with Crippen LogP contribution < -0.4 is 21.4 Å². The molecule has 0 spiro atoms. The molecule has 0 saturated heterocycles. The average Bonchev–Trinajstić information content (AvgIpc) is 3.71. The van der Waals surface area contributed by atoms with E-state index in [0.29, 0.717) is 22.9 Å². The van der Waals surface area contributed by atoms with Crippen molar-refractivity contribution in [1.82, 2.24) is 19.1 Å². The van der Waals surface area contributed by atoms with Gasteiger partial charge in [0, 0.05) is 23.3 Å². The van der Waals surface area contributed by atoms with Crippen molar-refractivity contribution in [1.29, 1.82) is 0 Å². The molecule has 2 aromatic heterocycles. The molecule has 4 aromatic rings. The number of carboxylic acids is 1. The molecule has 1 saturated carbocycles. The lowest BCUT2D eigenvalue weighted by Gasteiger charge is -2.16. The van der Waals surface area contributed by atoms with Crippen LogP contribution in [0.2, 0.25) is 5.02 Å². The number of hydrogen-bond donors (Lipinski definition) is 2. The molecule has 10 nitrogen and oxygen atoms in total. The van der Waals surface area contributed by atoms with Crippen LogP contribution in [-0.2, 0) is 24.6 Å². The number of carbonyl (C=O) groups is 1. The molecule has 1 fully saturated rings. The molecule has 12 heteroatoms. The van der Waals surface area contributed by atoms with Gasteiger partial charge in [0.05, 0.1) is 18.2 Å². The van der Waals surface area contributed by atoms with Gasteiger partial charge in [-0.15, -0.1) is 0 Å². The number of ether oxygens (including phenoxy) is 1. The van der Waals surface area contributed by atoms with Gasteiger partial charge in [0.15, 0.2) is 0 Å². The number of aliphatic carboxylic acids is 1. The molecular formula is C27H23ClFN5O5. The molecule has 2 aromatic carbocycles. The molecule has 0 radical (unpaired) electrons. The summed E-state index contributed by atoms with van der Waals surface area (Å²) in [6.07, 6.45) is 0.403. The number of nitrogens with one attached hydrogen (secondary N) is 1. The zero-order valence-electron chi connectivity index (χ0n) is 20.5. The predicted octanol–water partition coefficient (Wildman–Crippen LogP) is 4.23. The summed E-state index contributed by atoms with van der Waals surface area (Å²) < 4.78 is 20.9. The maximum atomic E-state index is 13.4. The molecule has 0 bridgehead atoms. The largest absolute Gasteiger partial charge is 0.481 e. The molecule has 0 unspecified atom stereocenters. The summed E-state index contributed by atoms with van der Waals surface area (Å²) in [6, 6.07) is 18.3. The van der Waals surface area contributed by atoms with Crippen molar-refractivity contribution in [3.8, 4) is 11.6 Å². The van der Waals surface area contributed by atoms with Crippen LogP contribution in [0.4, 0.5) is 16.0 Å². The Morgan fingerprint density at radius 3 is 2.46 bits per heavy atom. The molecule has 1 aliphatic rings. The van der Waals surface area contributed by atoms with E-state index in [0.717, 1.165) is 10.1 Å². The first-order valence-electron chi connectivity index (χ1n) is 12.1. The number of carboxylic acid groups (broad SMARTS) is 1. The normalized spacial score (nSPS) is 16.1. The lowest BCUT2D eigenvalue weighted by Crippen LogP contribution is -2.43. The SMILES string of the molecule is O=C(O)[C@H]1C[C@@H]1Cn1c(=O)nc(Nc2ccc(Oc3cccc(CF)n3)cc2)n(Cc2ccc(Cl)cc2)c1=O. The van der Waals surface area contributed by atoms with E-state index >= 15 is 0 Å². The van der Waals surface area contributed by atoms with Crippen LogP contribution in [0.3, 0.4) is 0 Å². The monoisotopic (exact) mass is 551 g/mol. The van der Waals surface area contributed by atoms with Crippen LogP contribution in [0.5, 0.6) is 11.6 Å². The quantitative estimate of drug-likeness (QED) is 0.300. The maximum Gasteiger partial charge on any atom is 0.354 e. The highest BCUT2D eigenvalue weighted by atomic mass is 35.5. The molecule has 0 aliphatic heterocycles. The van der Waals surface area contributed by atoms with E-state index in [-0.39, 0.29) is 36.5 Å². The number of halogens is 2. The number of aromatic nitrogens is 4. The van der Waals surface area contributed by atoms with Gasteiger partial charge >= 0.3 is 17.3 Å². The second kappa shape index (κ2) is 11.1. The highest BCUT2D eigenvalue weighted by Crippen LogP contribution is 2.39. The molecule has 200 valence electrons. The lowest BCUT2D eigenvalue weighted by molar-refractivity contribution is -0.138. The fourth-order valence-corrected chi connectivity index (χ4v) is 4.25. The number of alkyl halides is 1. The van der Waals surface area contributed by atoms with E-state index in [4.69, 9.17) is 16.3 Å². The van der Waals surface area contributed by atoms with Gasteiger partial charge in [-0.25, -0.2) is 23.5 Å². The minimum atomic E-state index is -0.945. The van der Waals surface area contributed by atoms with E-state index in [9.17, 15) is 23.9 Å². The van der Waals surface area contributed by atoms with Crippen molar-refractivity contribution in [2.75, 3.05) is 5.32 Å². The Bertz CT molecular complexity index is 1620. The first-order chi connectivity index (χ1) is 18.8. The van der Waals surface area contributed by atoms with E-state index in [1.54, 1.807) is 66.7 Å². The van der Waals surface area contributed by atoms with Crippen LogP contribution >= 0.6 is 11.6 Å². The van der Waals surface area contributed by atoms with Crippen molar-refractivity contribution in [2.24, 2.45) is 11.8 Å². The molecule has 2 atom stereocenters. The average molecular weight is 552 g/mol. The summed E-state index contributed by atoms with van der Waals surface area (Å²) in [5.41, 5.74) is 0.144. The van der Waals surface area contributed by atoms with Crippen LogP contribution in [-0.4, -0.2) is 30.2 Å². The third-order valence-corrected chi connectivity index (χ3v) is 6.56. The molecule has 1 aliphatic carbocycles. The van der Waals surface area contributed by atoms with Crippen molar-refractivity contribution in [3.05, 3.63) is 104 Å². The second-order valence-electron chi connectivity index (χ2n) is 9.12. The van der Waals surface area contributed by atoms with Gasteiger partial charge in [-0.3, -0.25) is 9.36 Å². The van der Waals surface area contributed by atoms with Gasteiger partial charge in [-0.2, -0.15) is 4.98 Å². The van der Waals surface area contributed by atoms with Gasteiger partial charge in [0.2, 0.25) is 11.8 Å².